The maximum Gasteiger partial charge on any atom is 0.337 e. The van der Waals surface area contributed by atoms with E-state index in [-0.39, 0.29) is 18.8 Å². The number of hydrogen-bond donors (Lipinski definition) is 4. The van der Waals surface area contributed by atoms with Crippen molar-refractivity contribution in [3.05, 3.63) is 95.3 Å². The largest absolute Gasteiger partial charge is 0.490 e. The van der Waals surface area contributed by atoms with Gasteiger partial charge in [0.25, 0.3) is 0 Å². The smallest absolute Gasteiger partial charge is 0.337 e. The lowest BCUT2D eigenvalue weighted by molar-refractivity contribution is -0.136. The molecule has 2 atom stereocenters. The molecule has 1 aliphatic heterocycles. The number of aliphatic hydroxyl groups excluding tert-OH is 1. The quantitative estimate of drug-likeness (QED) is 0.0619. The zero-order valence-corrected chi connectivity index (χ0v) is 29.4. The molecule has 1 aliphatic rings. The third-order valence-corrected chi connectivity index (χ3v) is 8.07. The van der Waals surface area contributed by atoms with Gasteiger partial charge in [0.2, 0.25) is 0 Å². The van der Waals surface area contributed by atoms with Crippen LogP contribution in [0.4, 0.5) is 4.79 Å². The minimum atomic E-state index is -1.18. The molecule has 0 saturated heterocycles. The van der Waals surface area contributed by atoms with Crippen molar-refractivity contribution in [2.24, 2.45) is 5.10 Å². The molecule has 46 heavy (non-hydrogen) atoms. The summed E-state index contributed by atoms with van der Waals surface area (Å²) in [4.78, 5) is 24.7. The first-order chi connectivity index (χ1) is 22.1. The molecular formula is C32H31I2N5O7. The van der Waals surface area contributed by atoms with Crippen molar-refractivity contribution in [2.75, 3.05) is 20.3 Å². The maximum absolute atomic E-state index is 12.5. The Morgan fingerprint density at radius 2 is 1.93 bits per heavy atom. The molecule has 1 heterocycles. The van der Waals surface area contributed by atoms with E-state index in [9.17, 15) is 20.0 Å². The Morgan fingerprint density at radius 1 is 1.15 bits per heavy atom. The van der Waals surface area contributed by atoms with Crippen LogP contribution >= 0.6 is 45.2 Å². The van der Waals surface area contributed by atoms with Crippen LogP contribution in [0.2, 0.25) is 0 Å². The van der Waals surface area contributed by atoms with Crippen molar-refractivity contribution in [3.63, 3.8) is 0 Å². The molecule has 14 heteroatoms. The van der Waals surface area contributed by atoms with Gasteiger partial charge in [-0.3, -0.25) is 5.43 Å². The highest BCUT2D eigenvalue weighted by Crippen LogP contribution is 2.35. The Morgan fingerprint density at radius 3 is 2.67 bits per heavy atom. The predicted octanol–water partition coefficient (Wildman–Crippen LogP) is 4.87. The Bertz CT molecular complexity index is 1710. The number of nitrogens with one attached hydrogen (secondary N) is 3. The van der Waals surface area contributed by atoms with Crippen LogP contribution in [-0.4, -0.2) is 49.9 Å². The number of amides is 2. The summed E-state index contributed by atoms with van der Waals surface area (Å²) in [6.45, 7) is 3.79. The van der Waals surface area contributed by atoms with Crippen LogP contribution in [0.25, 0.3) is 0 Å². The number of aliphatic hydroxyl groups is 1. The molecule has 0 aliphatic carbocycles. The third kappa shape index (κ3) is 8.79. The average Bonchev–Trinajstić information content (AvgIpc) is 3.03. The molecule has 0 radical (unpaired) electrons. The molecule has 12 nitrogen and oxygen atoms in total. The lowest BCUT2D eigenvalue weighted by Crippen LogP contribution is -2.45. The first-order valence-electron chi connectivity index (χ1n) is 14.0. The number of methoxy groups -OCH3 is 1. The highest BCUT2D eigenvalue weighted by atomic mass is 127. The molecule has 0 unspecified atom stereocenters. The van der Waals surface area contributed by atoms with Gasteiger partial charge in [0.05, 0.1) is 46.7 Å². The highest BCUT2D eigenvalue weighted by Gasteiger charge is 2.32. The Hall–Kier alpha value is -4.08. The van der Waals surface area contributed by atoms with Crippen molar-refractivity contribution in [2.45, 2.75) is 32.7 Å². The monoisotopic (exact) mass is 851 g/mol. The number of esters is 1. The standard InChI is InChI=1S/C32H31I2N5O7/c1-4-44-26-12-19(29-28(31(41)43-3)18(2)37-32(42)38-29)9-10-25(26)45-17-27(40)39-36-15-22-11-23(33)13-24(34)30(22)46-16-21-8-6-5-7-20(21)14-35/h5-13,15,27,29,39-40H,4,16-17H2,1-3H3,(H2,37,38,42)/b36-15+/t27-,29+/m0/s1. The molecule has 3 aromatic carbocycles. The van der Waals surface area contributed by atoms with Crippen LogP contribution in [0.3, 0.4) is 0 Å². The van der Waals surface area contributed by atoms with E-state index in [0.717, 1.165) is 12.7 Å². The van der Waals surface area contributed by atoms with E-state index in [2.05, 4.69) is 72.4 Å². The molecule has 0 spiro atoms. The second-order valence-corrected chi connectivity index (χ2v) is 12.2. The normalized spacial score (nSPS) is 15.0. The number of carbonyl (C=O) groups is 2. The fourth-order valence-electron chi connectivity index (χ4n) is 4.55. The van der Waals surface area contributed by atoms with Crippen molar-refractivity contribution < 1.29 is 33.6 Å². The Labute approximate surface area is 293 Å². The van der Waals surface area contributed by atoms with Gasteiger partial charge in [0, 0.05) is 20.4 Å². The van der Waals surface area contributed by atoms with Gasteiger partial charge in [0.15, 0.2) is 17.7 Å². The molecule has 2 amide bonds. The molecule has 0 aromatic heterocycles. The summed E-state index contributed by atoms with van der Waals surface area (Å²) in [6, 6.07) is 17.1. The van der Waals surface area contributed by atoms with Gasteiger partial charge < -0.3 is 34.7 Å². The number of nitrogens with zero attached hydrogens (tertiary/aromatic N) is 2. The average molecular weight is 851 g/mol. The van der Waals surface area contributed by atoms with E-state index >= 15 is 0 Å². The van der Waals surface area contributed by atoms with Gasteiger partial charge in [-0.1, -0.05) is 24.3 Å². The van der Waals surface area contributed by atoms with Gasteiger partial charge in [-0.15, -0.1) is 0 Å². The molecule has 0 saturated carbocycles. The maximum atomic E-state index is 12.5. The zero-order valence-electron chi connectivity index (χ0n) is 25.1. The Balaban J connectivity index is 1.43. The number of rotatable bonds is 13. The van der Waals surface area contributed by atoms with E-state index in [1.165, 1.54) is 7.11 Å². The van der Waals surface area contributed by atoms with Gasteiger partial charge in [-0.25, -0.2) is 9.59 Å². The predicted molar refractivity (Wildman–Crippen MR) is 186 cm³/mol. The highest BCUT2D eigenvalue weighted by molar-refractivity contribution is 14.1. The number of hydrazone groups is 1. The molecule has 0 fully saturated rings. The number of urea groups is 1. The molecule has 4 N–H and O–H groups in total. The Kier molecular flexibility index (Phi) is 12.5. The van der Waals surface area contributed by atoms with E-state index in [1.807, 2.05) is 31.2 Å². The summed E-state index contributed by atoms with van der Waals surface area (Å²) >= 11 is 4.39. The van der Waals surface area contributed by atoms with Crippen molar-refractivity contribution >= 4 is 63.4 Å². The van der Waals surface area contributed by atoms with E-state index in [1.54, 1.807) is 43.5 Å². The number of allylic oxidation sites excluding steroid dienone is 1. The molecule has 4 rings (SSSR count). The van der Waals surface area contributed by atoms with Gasteiger partial charge in [-0.2, -0.15) is 10.4 Å². The minimum Gasteiger partial charge on any atom is -0.490 e. The van der Waals surface area contributed by atoms with Crippen molar-refractivity contribution in [3.8, 4) is 23.3 Å². The summed E-state index contributed by atoms with van der Waals surface area (Å²) in [5.41, 5.74) is 5.87. The summed E-state index contributed by atoms with van der Waals surface area (Å²) in [6.07, 6.45) is 0.362. The number of halogens is 2. The second-order valence-electron chi connectivity index (χ2n) is 9.78. The van der Waals surface area contributed by atoms with Crippen LogP contribution in [0.5, 0.6) is 17.2 Å². The number of ether oxygens (including phenoxy) is 4. The van der Waals surface area contributed by atoms with E-state index in [0.29, 0.717) is 46.2 Å². The molecular weight excluding hydrogens is 820 g/mol. The number of benzene rings is 3. The SMILES string of the molecule is CCOc1cc([C@H]2NC(=O)NC(C)=C2C(=O)OC)ccc1OC[C@H](O)N/N=C/c1cc(I)cc(I)c1OCc1ccccc1C#N. The molecule has 0 bridgehead atoms. The van der Waals surface area contributed by atoms with E-state index < -0.39 is 24.3 Å². The van der Waals surface area contributed by atoms with Crippen molar-refractivity contribution in [1.29, 1.82) is 5.26 Å². The number of carbonyl (C=O) groups excluding carboxylic acids is 2. The second kappa shape index (κ2) is 16.5. The van der Waals surface area contributed by atoms with Crippen LogP contribution in [0.1, 0.15) is 42.1 Å². The topological polar surface area (TPSA) is 164 Å². The number of hydrogen-bond acceptors (Lipinski definition) is 10. The lowest BCUT2D eigenvalue weighted by Gasteiger charge is -2.28. The fourth-order valence-corrected chi connectivity index (χ4v) is 6.59. The summed E-state index contributed by atoms with van der Waals surface area (Å²) < 4.78 is 24.5. The fraction of sp³-hybridized carbons (Fsp3) is 0.250. The first-order valence-corrected chi connectivity index (χ1v) is 16.1. The first kappa shape index (κ1) is 34.8. The summed E-state index contributed by atoms with van der Waals surface area (Å²) in [5.74, 6) is 0.720. The van der Waals surface area contributed by atoms with E-state index in [4.69, 9.17) is 18.9 Å². The molecule has 240 valence electrons. The lowest BCUT2D eigenvalue weighted by atomic mass is 9.95. The zero-order chi connectivity index (χ0) is 33.2. The van der Waals surface area contributed by atoms with Crippen LogP contribution in [0.15, 0.2) is 71.0 Å². The van der Waals surface area contributed by atoms with Gasteiger partial charge in [0.1, 0.15) is 19.0 Å². The summed E-state index contributed by atoms with van der Waals surface area (Å²) in [5, 5.41) is 29.5. The van der Waals surface area contributed by atoms with Crippen LogP contribution in [0, 0.1) is 18.5 Å². The van der Waals surface area contributed by atoms with Gasteiger partial charge >= 0.3 is 12.0 Å². The van der Waals surface area contributed by atoms with Gasteiger partial charge in [-0.05, 0) is 94.9 Å². The van der Waals surface area contributed by atoms with Crippen LogP contribution < -0.4 is 30.3 Å². The number of nitriles is 1. The third-order valence-electron chi connectivity index (χ3n) is 6.65. The van der Waals surface area contributed by atoms with Crippen molar-refractivity contribution in [1.82, 2.24) is 16.1 Å². The summed E-state index contributed by atoms with van der Waals surface area (Å²) in [7, 11) is 1.27. The molecule has 3 aromatic rings. The van der Waals surface area contributed by atoms with Crippen LogP contribution in [-0.2, 0) is 16.1 Å². The minimum absolute atomic E-state index is 0.175.